The number of carbonyl (C=O) groups is 1. The van der Waals surface area contributed by atoms with Gasteiger partial charge in [0, 0.05) is 23.6 Å². The largest absolute Gasteiger partial charge is 0.443 e. The van der Waals surface area contributed by atoms with Crippen LogP contribution in [0.3, 0.4) is 0 Å². The van der Waals surface area contributed by atoms with Crippen molar-refractivity contribution in [3.8, 4) is 0 Å². The highest BCUT2D eigenvalue weighted by Crippen LogP contribution is 2.43. The number of anilines is 1. The van der Waals surface area contributed by atoms with Crippen molar-refractivity contribution in [1.82, 2.24) is 4.98 Å². The summed E-state index contributed by atoms with van der Waals surface area (Å²) in [6.45, 7) is 27.3. The van der Waals surface area contributed by atoms with E-state index in [4.69, 9.17) is 18.3 Å². The molecule has 0 radical (unpaired) electrons. The Morgan fingerprint density at radius 3 is 2.11 bits per heavy atom. The normalized spacial score (nSPS) is 19.5. The predicted molar refractivity (Wildman–Crippen MR) is 190 cm³/mol. The van der Waals surface area contributed by atoms with Crippen molar-refractivity contribution >= 4 is 34.2 Å². The van der Waals surface area contributed by atoms with Crippen LogP contribution in [0.25, 0.3) is 0 Å². The number of H-pyrrole nitrogens is 1. The number of rotatable bonds is 10. The molecule has 1 unspecified atom stereocenters. The van der Waals surface area contributed by atoms with E-state index in [1.165, 1.54) is 11.0 Å². The van der Waals surface area contributed by atoms with E-state index in [0.717, 1.165) is 0 Å². The van der Waals surface area contributed by atoms with Crippen LogP contribution in [0.4, 0.5) is 16.3 Å². The fourth-order valence-electron chi connectivity index (χ4n) is 4.69. The van der Waals surface area contributed by atoms with Gasteiger partial charge in [0.2, 0.25) is 0 Å². The first-order valence-electron chi connectivity index (χ1n) is 16.3. The Morgan fingerprint density at radius 1 is 0.979 bits per heavy atom. The molecule has 3 rings (SSSR count). The zero-order valence-electron chi connectivity index (χ0n) is 30.5. The summed E-state index contributed by atoms with van der Waals surface area (Å²) in [5.74, 6) is 0.149. The second-order valence-electron chi connectivity index (χ2n) is 16.5. The third kappa shape index (κ3) is 9.62. The van der Waals surface area contributed by atoms with Crippen LogP contribution in [0.1, 0.15) is 86.0 Å². The average Bonchev–Trinajstić information content (AvgIpc) is 3.29. The van der Waals surface area contributed by atoms with E-state index in [-0.39, 0.29) is 40.3 Å². The molecule has 0 aliphatic carbocycles. The molecule has 2 aromatic rings. The SMILES string of the molecule is CC(C)(C)OC(=O)N(Cc1ccccc1[N+](=O)[O-])c1ccc([C@H]2CC(O[Si](C)(C)C(C)(C)C)[C@@H](CO[Si](C)(C)C(C)(C)C)O2)c(=O)[nH]1. The molecule has 1 fully saturated rings. The lowest BCUT2D eigenvalue weighted by molar-refractivity contribution is -0.385. The van der Waals surface area contributed by atoms with Gasteiger partial charge in [-0.1, -0.05) is 59.7 Å². The van der Waals surface area contributed by atoms with E-state index < -0.39 is 44.9 Å². The van der Waals surface area contributed by atoms with Crippen LogP contribution in [0.15, 0.2) is 41.2 Å². The summed E-state index contributed by atoms with van der Waals surface area (Å²) in [5, 5.41) is 11.7. The summed E-state index contributed by atoms with van der Waals surface area (Å²) >= 11 is 0. The number of hydrogen-bond donors (Lipinski definition) is 1. The lowest BCUT2D eigenvalue weighted by Crippen LogP contribution is -2.48. The highest BCUT2D eigenvalue weighted by molar-refractivity contribution is 6.74. The van der Waals surface area contributed by atoms with Crippen molar-refractivity contribution < 1.29 is 28.0 Å². The number of hydrogen-bond acceptors (Lipinski definition) is 8. The van der Waals surface area contributed by atoms with Gasteiger partial charge >= 0.3 is 6.09 Å². The summed E-state index contributed by atoms with van der Waals surface area (Å²) in [6.07, 6.45) is -1.45. The molecule has 1 amide bonds. The summed E-state index contributed by atoms with van der Waals surface area (Å²) in [6, 6.07) is 9.43. The van der Waals surface area contributed by atoms with E-state index in [9.17, 15) is 19.7 Å². The topological polar surface area (TPSA) is 133 Å². The van der Waals surface area contributed by atoms with Gasteiger partial charge in [-0.25, -0.2) is 4.79 Å². The minimum atomic E-state index is -2.19. The first kappa shape index (κ1) is 38.6. The standard InChI is InChI=1S/C34H55N3O8Si2/c1-32(2,3)44-31(39)36(21-23-16-14-15-17-25(23)37(40)41)29-19-18-24(30(38)35-29)26-20-27(45-47(12,13)34(7,8)9)28(43-26)22-42-46(10,11)33(4,5)6/h14-19,26-28H,20-22H2,1-13H3,(H,35,38)/t26-,27?,28-/m1/s1. The molecule has 1 aromatic carbocycles. The molecule has 0 spiro atoms. The van der Waals surface area contributed by atoms with Crippen molar-refractivity contribution in [3.63, 3.8) is 0 Å². The van der Waals surface area contributed by atoms with E-state index in [2.05, 4.69) is 72.7 Å². The summed E-state index contributed by atoms with van der Waals surface area (Å²) in [5.41, 5.74) is -0.708. The number of nitro groups is 1. The molecule has 11 nitrogen and oxygen atoms in total. The number of para-hydroxylation sites is 1. The van der Waals surface area contributed by atoms with Gasteiger partial charge in [0.15, 0.2) is 16.6 Å². The van der Waals surface area contributed by atoms with E-state index in [0.29, 0.717) is 24.2 Å². The second kappa shape index (κ2) is 13.9. The van der Waals surface area contributed by atoms with Gasteiger partial charge in [-0.15, -0.1) is 0 Å². The number of aromatic nitrogens is 1. The van der Waals surface area contributed by atoms with Crippen LogP contribution in [0.5, 0.6) is 0 Å². The van der Waals surface area contributed by atoms with Crippen LogP contribution in [0, 0.1) is 10.1 Å². The molecule has 13 heteroatoms. The summed E-state index contributed by atoms with van der Waals surface area (Å²) in [7, 11) is -4.27. The van der Waals surface area contributed by atoms with Crippen LogP contribution < -0.4 is 10.5 Å². The zero-order valence-corrected chi connectivity index (χ0v) is 32.5. The molecule has 2 heterocycles. The molecular formula is C34H55N3O8Si2. The number of nitrogens with zero attached hydrogens (tertiary/aromatic N) is 2. The maximum Gasteiger partial charge on any atom is 0.416 e. The van der Waals surface area contributed by atoms with Gasteiger partial charge in [-0.2, -0.15) is 0 Å². The molecule has 47 heavy (non-hydrogen) atoms. The fraction of sp³-hybridized carbons (Fsp3) is 0.647. The van der Waals surface area contributed by atoms with Gasteiger partial charge in [-0.3, -0.25) is 19.8 Å². The highest BCUT2D eigenvalue weighted by Gasteiger charge is 2.47. The number of nitro benzene ring substituents is 1. The third-order valence-electron chi connectivity index (χ3n) is 9.56. The van der Waals surface area contributed by atoms with Crippen LogP contribution in [-0.4, -0.2) is 57.1 Å². The van der Waals surface area contributed by atoms with Gasteiger partial charge in [0.25, 0.3) is 11.2 Å². The van der Waals surface area contributed by atoms with E-state index in [1.807, 2.05) is 0 Å². The molecule has 1 aliphatic heterocycles. The van der Waals surface area contributed by atoms with E-state index >= 15 is 0 Å². The zero-order chi connectivity index (χ0) is 35.8. The minimum absolute atomic E-state index is 0.0198. The number of nitrogens with one attached hydrogen (secondary N) is 1. The van der Waals surface area contributed by atoms with Crippen molar-refractivity contribution in [2.24, 2.45) is 0 Å². The Balaban J connectivity index is 1.97. The maximum absolute atomic E-state index is 13.7. The second-order valence-corrected chi connectivity index (χ2v) is 26.0. The molecular weight excluding hydrogens is 635 g/mol. The molecule has 1 saturated heterocycles. The first-order valence-corrected chi connectivity index (χ1v) is 22.1. The van der Waals surface area contributed by atoms with Gasteiger partial charge < -0.3 is 23.3 Å². The number of amides is 1. The minimum Gasteiger partial charge on any atom is -0.443 e. The summed E-state index contributed by atoms with van der Waals surface area (Å²) < 4.78 is 25.6. The van der Waals surface area contributed by atoms with Gasteiger partial charge in [-0.05, 0) is 69.2 Å². The average molecular weight is 690 g/mol. The Bertz CT molecular complexity index is 1490. The molecule has 1 N–H and O–H groups in total. The quantitative estimate of drug-likeness (QED) is 0.149. The smallest absolute Gasteiger partial charge is 0.416 e. The molecule has 3 atom stereocenters. The number of carbonyl (C=O) groups excluding carboxylic acids is 1. The molecule has 0 bridgehead atoms. The molecule has 1 aliphatic rings. The maximum atomic E-state index is 13.7. The van der Waals surface area contributed by atoms with Gasteiger partial charge in [0.1, 0.15) is 17.5 Å². The molecule has 0 saturated carbocycles. The number of pyridine rings is 1. The Kier molecular flexibility index (Phi) is 11.5. The van der Waals surface area contributed by atoms with Crippen molar-refractivity contribution in [1.29, 1.82) is 0 Å². The van der Waals surface area contributed by atoms with Crippen LogP contribution in [-0.2, 0) is 24.9 Å². The number of aromatic amines is 1. The van der Waals surface area contributed by atoms with E-state index in [1.54, 1.807) is 51.1 Å². The first-order chi connectivity index (χ1) is 21.3. The van der Waals surface area contributed by atoms with Crippen molar-refractivity contribution in [2.75, 3.05) is 11.5 Å². The molecule has 262 valence electrons. The lowest BCUT2D eigenvalue weighted by atomic mass is 10.1. The number of benzene rings is 1. The Hall–Kier alpha value is -2.85. The Morgan fingerprint density at radius 2 is 1.57 bits per heavy atom. The van der Waals surface area contributed by atoms with Crippen molar-refractivity contribution in [2.45, 2.75) is 135 Å². The van der Waals surface area contributed by atoms with Crippen molar-refractivity contribution in [3.05, 3.63) is 68.0 Å². The Labute approximate surface area is 281 Å². The van der Waals surface area contributed by atoms with Crippen LogP contribution in [0.2, 0.25) is 36.3 Å². The lowest BCUT2D eigenvalue weighted by Gasteiger charge is -2.40. The fourth-order valence-corrected chi connectivity index (χ4v) is 7.07. The number of ether oxygens (including phenoxy) is 2. The van der Waals surface area contributed by atoms with Gasteiger partial charge in [0.05, 0.1) is 30.3 Å². The highest BCUT2D eigenvalue weighted by atomic mass is 28.4. The molecule has 1 aromatic heterocycles. The monoisotopic (exact) mass is 689 g/mol. The van der Waals surface area contributed by atoms with Crippen LogP contribution >= 0.6 is 0 Å². The summed E-state index contributed by atoms with van der Waals surface area (Å²) in [4.78, 5) is 42.3. The third-order valence-corrected chi connectivity index (χ3v) is 18.6. The predicted octanol–water partition coefficient (Wildman–Crippen LogP) is 8.47.